The van der Waals surface area contributed by atoms with E-state index in [1.165, 1.54) is 21.4 Å². The van der Waals surface area contributed by atoms with Gasteiger partial charge >= 0.3 is 0 Å². The Morgan fingerprint density at radius 1 is 1.03 bits per heavy atom. The number of nitrogens with one attached hydrogen (secondary N) is 1. The predicted octanol–water partition coefficient (Wildman–Crippen LogP) is 2.38. The predicted molar refractivity (Wildman–Crippen MR) is 143 cm³/mol. The normalized spacial score (nSPS) is 15.1. The monoisotopic (exact) mass is 486 g/mol. The lowest BCUT2D eigenvalue weighted by Gasteiger charge is -2.32. The van der Waals surface area contributed by atoms with Gasteiger partial charge in [-0.2, -0.15) is 5.10 Å². The summed E-state index contributed by atoms with van der Waals surface area (Å²) in [6.07, 6.45) is 1.72. The van der Waals surface area contributed by atoms with Gasteiger partial charge in [-0.1, -0.05) is 42.0 Å². The van der Waals surface area contributed by atoms with Crippen LogP contribution in [0.15, 0.2) is 53.5 Å². The lowest BCUT2D eigenvalue weighted by Crippen LogP contribution is -2.47. The second kappa shape index (κ2) is 10.2. The molecule has 4 aromatic rings. The van der Waals surface area contributed by atoms with E-state index in [9.17, 15) is 9.59 Å². The van der Waals surface area contributed by atoms with Crippen LogP contribution in [0.2, 0.25) is 0 Å². The Morgan fingerprint density at radius 3 is 2.61 bits per heavy atom. The molecule has 0 saturated carbocycles. The number of amides is 1. The molecular weight excluding hydrogens is 452 g/mol. The van der Waals surface area contributed by atoms with E-state index in [1.54, 1.807) is 6.20 Å². The molecule has 1 aliphatic rings. The topological polar surface area (TPSA) is 75.4 Å². The fourth-order valence-corrected chi connectivity index (χ4v) is 5.03. The van der Waals surface area contributed by atoms with Gasteiger partial charge in [-0.15, -0.1) is 0 Å². The number of piperazine rings is 1. The van der Waals surface area contributed by atoms with E-state index in [-0.39, 0.29) is 18.0 Å². The van der Waals surface area contributed by atoms with E-state index in [0.29, 0.717) is 18.6 Å². The summed E-state index contributed by atoms with van der Waals surface area (Å²) in [6.45, 7) is 10.1. The van der Waals surface area contributed by atoms with Gasteiger partial charge in [-0.3, -0.25) is 14.5 Å². The summed E-state index contributed by atoms with van der Waals surface area (Å²) in [5, 5.41) is 9.13. The molecule has 0 unspecified atom stereocenters. The summed E-state index contributed by atoms with van der Waals surface area (Å²) >= 11 is 0. The van der Waals surface area contributed by atoms with Crippen molar-refractivity contribution in [2.75, 3.05) is 46.3 Å². The van der Waals surface area contributed by atoms with Crippen molar-refractivity contribution < 1.29 is 4.79 Å². The Morgan fingerprint density at radius 2 is 1.81 bits per heavy atom. The second-order valence-electron chi connectivity index (χ2n) is 9.90. The maximum atomic E-state index is 13.6. The molecular formula is C28H34N6O2. The molecule has 5 rings (SSSR count). The smallest absolute Gasteiger partial charge is 0.291 e. The zero-order valence-corrected chi connectivity index (χ0v) is 21.3. The maximum Gasteiger partial charge on any atom is 0.291 e. The highest BCUT2D eigenvalue weighted by molar-refractivity contribution is 6.07. The van der Waals surface area contributed by atoms with E-state index in [1.807, 2.05) is 24.3 Å². The number of carbonyl (C=O) groups excluding carboxylic acids is 1. The number of hydrogen-bond acceptors (Lipinski definition) is 5. The number of likely N-dealkylation sites (N-methyl/N-ethyl adjacent to an activating group) is 1. The molecule has 1 fully saturated rings. The minimum atomic E-state index is -0.247. The molecule has 1 saturated heterocycles. The molecule has 0 atom stereocenters. The summed E-state index contributed by atoms with van der Waals surface area (Å²) < 4.78 is 3.35. The average molecular weight is 487 g/mol. The van der Waals surface area contributed by atoms with Gasteiger partial charge in [-0.25, -0.2) is 4.68 Å². The molecule has 3 heterocycles. The SMILES string of the molecule is Cc1ccc(C)c(Cn2c3ccccc3c3cnn(CC(=O)NCCN4CCN(C)CC4)c(=O)c32)c1. The van der Waals surface area contributed by atoms with Crippen molar-refractivity contribution in [2.24, 2.45) is 0 Å². The van der Waals surface area contributed by atoms with Crippen LogP contribution in [0, 0.1) is 13.8 Å². The van der Waals surface area contributed by atoms with Crippen molar-refractivity contribution in [2.45, 2.75) is 26.9 Å². The van der Waals surface area contributed by atoms with Crippen LogP contribution in [0.3, 0.4) is 0 Å². The zero-order valence-electron chi connectivity index (χ0n) is 21.3. The van der Waals surface area contributed by atoms with Gasteiger partial charge in [0.05, 0.1) is 6.20 Å². The third-order valence-corrected chi connectivity index (χ3v) is 7.25. The minimum Gasteiger partial charge on any atom is -0.353 e. The number of carbonyl (C=O) groups is 1. The van der Waals surface area contributed by atoms with Crippen LogP contribution >= 0.6 is 0 Å². The van der Waals surface area contributed by atoms with Crippen LogP contribution < -0.4 is 10.9 Å². The molecule has 1 N–H and O–H groups in total. The quantitative estimate of drug-likeness (QED) is 0.434. The number of fused-ring (bicyclic) bond motifs is 3. The van der Waals surface area contributed by atoms with Crippen molar-refractivity contribution in [1.29, 1.82) is 0 Å². The van der Waals surface area contributed by atoms with Crippen LogP contribution in [-0.4, -0.2) is 76.4 Å². The fourth-order valence-electron chi connectivity index (χ4n) is 5.03. The van der Waals surface area contributed by atoms with Gasteiger partial charge in [0.15, 0.2) is 0 Å². The third kappa shape index (κ3) is 4.92. The molecule has 2 aromatic heterocycles. The van der Waals surface area contributed by atoms with Crippen LogP contribution in [0.5, 0.6) is 0 Å². The largest absolute Gasteiger partial charge is 0.353 e. The van der Waals surface area contributed by atoms with Crippen LogP contribution in [0.4, 0.5) is 0 Å². The van der Waals surface area contributed by atoms with Crippen molar-refractivity contribution >= 4 is 27.7 Å². The van der Waals surface area contributed by atoms with Crippen LogP contribution in [0.1, 0.15) is 16.7 Å². The number of benzene rings is 2. The number of rotatable bonds is 7. The number of aromatic nitrogens is 3. The van der Waals surface area contributed by atoms with Crippen LogP contribution in [0.25, 0.3) is 21.8 Å². The minimum absolute atomic E-state index is 0.0947. The van der Waals surface area contributed by atoms with Gasteiger partial charge in [0, 0.05) is 62.1 Å². The summed E-state index contributed by atoms with van der Waals surface area (Å²) in [7, 11) is 2.13. The summed E-state index contributed by atoms with van der Waals surface area (Å²) in [6, 6.07) is 14.4. The first-order valence-electron chi connectivity index (χ1n) is 12.6. The highest BCUT2D eigenvalue weighted by atomic mass is 16.2. The van der Waals surface area contributed by atoms with E-state index in [4.69, 9.17) is 0 Å². The van der Waals surface area contributed by atoms with Gasteiger partial charge in [-0.05, 0) is 38.1 Å². The Kier molecular flexibility index (Phi) is 6.89. The number of para-hydroxylation sites is 1. The lowest BCUT2D eigenvalue weighted by molar-refractivity contribution is -0.122. The first-order chi connectivity index (χ1) is 17.4. The zero-order chi connectivity index (χ0) is 25.2. The van der Waals surface area contributed by atoms with Crippen molar-refractivity contribution in [3.63, 3.8) is 0 Å². The third-order valence-electron chi connectivity index (χ3n) is 7.25. The molecule has 1 aliphatic heterocycles. The molecule has 0 aliphatic carbocycles. The summed E-state index contributed by atoms with van der Waals surface area (Å²) in [5.41, 5.74) is 4.86. The van der Waals surface area contributed by atoms with Crippen LogP contribution in [-0.2, 0) is 17.9 Å². The first-order valence-corrected chi connectivity index (χ1v) is 12.6. The highest BCUT2D eigenvalue weighted by Crippen LogP contribution is 2.27. The maximum absolute atomic E-state index is 13.6. The van der Waals surface area contributed by atoms with Crippen molar-refractivity contribution in [3.8, 4) is 0 Å². The van der Waals surface area contributed by atoms with Gasteiger partial charge in [0.1, 0.15) is 12.1 Å². The molecule has 188 valence electrons. The lowest BCUT2D eigenvalue weighted by atomic mass is 10.1. The summed E-state index contributed by atoms with van der Waals surface area (Å²) in [5.74, 6) is -0.199. The molecule has 0 spiro atoms. The van der Waals surface area contributed by atoms with Gasteiger partial charge < -0.3 is 14.8 Å². The van der Waals surface area contributed by atoms with Crippen molar-refractivity contribution in [1.82, 2.24) is 29.5 Å². The second-order valence-corrected chi connectivity index (χ2v) is 9.90. The van der Waals surface area contributed by atoms with E-state index >= 15 is 0 Å². The number of nitrogens with zero attached hydrogens (tertiary/aromatic N) is 5. The number of aryl methyl sites for hydroxylation is 2. The number of hydrogen-bond donors (Lipinski definition) is 1. The van der Waals surface area contributed by atoms with E-state index in [0.717, 1.165) is 49.0 Å². The van der Waals surface area contributed by atoms with Crippen molar-refractivity contribution in [3.05, 3.63) is 75.7 Å². The highest BCUT2D eigenvalue weighted by Gasteiger charge is 2.18. The Balaban J connectivity index is 1.40. The molecule has 2 aromatic carbocycles. The molecule has 36 heavy (non-hydrogen) atoms. The Labute approximate surface area is 211 Å². The van der Waals surface area contributed by atoms with E-state index < -0.39 is 0 Å². The molecule has 1 amide bonds. The molecule has 0 bridgehead atoms. The summed E-state index contributed by atoms with van der Waals surface area (Å²) in [4.78, 5) is 31.0. The molecule has 0 radical (unpaired) electrons. The Bertz CT molecular complexity index is 1460. The standard InChI is InChI=1S/C28H34N6O2/c1-20-8-9-21(2)22(16-20)18-33-25-7-5-4-6-23(25)24-17-30-34(28(36)27(24)33)19-26(35)29-10-11-32-14-12-31(3)13-15-32/h4-9,16-17H,10-15,18-19H2,1-3H3,(H,29,35). The fraction of sp³-hybridized carbons (Fsp3) is 0.393. The average Bonchev–Trinajstić information content (AvgIpc) is 3.18. The first kappa shape index (κ1) is 24.2. The van der Waals surface area contributed by atoms with Gasteiger partial charge in [0.25, 0.3) is 5.56 Å². The molecule has 8 heteroatoms. The Hall–Kier alpha value is -3.49. The molecule has 8 nitrogen and oxygen atoms in total. The van der Waals surface area contributed by atoms with E-state index in [2.05, 4.69) is 63.9 Å². The van der Waals surface area contributed by atoms with Gasteiger partial charge in [0.2, 0.25) is 5.91 Å².